The van der Waals surface area contributed by atoms with Crippen molar-refractivity contribution in [3.8, 4) is 0 Å². The molecule has 3 rings (SSSR count). The number of rotatable bonds is 4. The summed E-state index contributed by atoms with van der Waals surface area (Å²) in [6.45, 7) is 1.49. The fraction of sp³-hybridized carbons (Fsp3) is 0.125. The Morgan fingerprint density at radius 1 is 1.32 bits per heavy atom. The maximum Gasteiger partial charge on any atom is 0.338 e. The Bertz CT molecular complexity index is 1000. The van der Waals surface area contributed by atoms with E-state index in [1.807, 2.05) is 0 Å². The molecule has 2 heterocycles. The molecule has 0 radical (unpaired) electrons. The second-order valence-corrected chi connectivity index (χ2v) is 6.15. The van der Waals surface area contributed by atoms with Crippen molar-refractivity contribution < 1.29 is 14.5 Å². The number of aryl methyl sites for hydroxylation is 1. The lowest BCUT2D eigenvalue weighted by molar-refractivity contribution is -0.385. The van der Waals surface area contributed by atoms with Crippen LogP contribution in [0.5, 0.6) is 0 Å². The minimum Gasteiger partial charge on any atom is -0.456 e. The second-order valence-electron chi connectivity index (χ2n) is 5.30. The lowest BCUT2D eigenvalue weighted by Crippen LogP contribution is -2.06. The van der Waals surface area contributed by atoms with Crippen LogP contribution in [0.4, 0.5) is 5.69 Å². The summed E-state index contributed by atoms with van der Waals surface area (Å²) in [7, 11) is 0. The number of nitro benzene ring substituents is 1. The van der Waals surface area contributed by atoms with E-state index in [2.05, 4.69) is 4.98 Å². The van der Waals surface area contributed by atoms with Crippen molar-refractivity contribution in [1.29, 1.82) is 0 Å². The minimum absolute atomic E-state index is 0.0524. The fourth-order valence-electron chi connectivity index (χ4n) is 2.35. The van der Waals surface area contributed by atoms with Gasteiger partial charge in [-0.05, 0) is 25.1 Å². The Morgan fingerprint density at radius 2 is 2.08 bits per heavy atom. The highest BCUT2D eigenvalue weighted by molar-refractivity contribution is 6.36. The third kappa shape index (κ3) is 3.57. The molecule has 0 aliphatic heterocycles. The van der Waals surface area contributed by atoms with E-state index in [1.54, 1.807) is 29.8 Å². The first kappa shape index (κ1) is 17.2. The Morgan fingerprint density at radius 3 is 2.76 bits per heavy atom. The van der Waals surface area contributed by atoms with Crippen LogP contribution < -0.4 is 0 Å². The molecule has 0 aliphatic carbocycles. The third-order valence-corrected chi connectivity index (χ3v) is 3.99. The fourth-order valence-corrected chi connectivity index (χ4v) is 2.88. The number of hydrogen-bond acceptors (Lipinski definition) is 5. The standard InChI is InChI=1S/C16H11Cl2N3O4/c1-9-4-10(2-3-14(9)21(23)24)16(22)25-8-12-7-20-6-11(17)5-13(18)15(20)19-12/h2-7H,8H2,1H3. The summed E-state index contributed by atoms with van der Waals surface area (Å²) < 4.78 is 6.85. The van der Waals surface area contributed by atoms with Gasteiger partial charge in [0, 0.05) is 24.0 Å². The zero-order valence-electron chi connectivity index (χ0n) is 12.9. The molecule has 0 unspecified atom stereocenters. The predicted octanol–water partition coefficient (Wildman–Crippen LogP) is 4.21. The zero-order valence-corrected chi connectivity index (χ0v) is 14.4. The van der Waals surface area contributed by atoms with Crippen molar-refractivity contribution in [2.24, 2.45) is 0 Å². The first-order valence-electron chi connectivity index (χ1n) is 7.10. The van der Waals surface area contributed by atoms with E-state index in [1.165, 1.54) is 18.2 Å². The van der Waals surface area contributed by atoms with Gasteiger partial charge in [-0.25, -0.2) is 9.78 Å². The number of carbonyl (C=O) groups excluding carboxylic acids is 1. The number of ether oxygens (including phenoxy) is 1. The van der Waals surface area contributed by atoms with Gasteiger partial charge in [0.25, 0.3) is 5.69 Å². The van der Waals surface area contributed by atoms with Crippen molar-refractivity contribution >= 4 is 40.5 Å². The van der Waals surface area contributed by atoms with Crippen molar-refractivity contribution in [3.05, 3.63) is 73.6 Å². The first-order chi connectivity index (χ1) is 11.8. The Kier molecular flexibility index (Phi) is 4.61. The van der Waals surface area contributed by atoms with Crippen molar-refractivity contribution in [3.63, 3.8) is 0 Å². The van der Waals surface area contributed by atoms with E-state index in [-0.39, 0.29) is 17.9 Å². The predicted molar refractivity (Wildman–Crippen MR) is 92.2 cm³/mol. The molecule has 0 saturated carbocycles. The number of nitro groups is 1. The Labute approximate surface area is 151 Å². The van der Waals surface area contributed by atoms with Crippen LogP contribution in [0.25, 0.3) is 5.65 Å². The number of nitrogens with zero attached hydrogens (tertiary/aromatic N) is 3. The van der Waals surface area contributed by atoms with Crippen LogP contribution in [0.1, 0.15) is 21.6 Å². The molecule has 0 amide bonds. The van der Waals surface area contributed by atoms with Gasteiger partial charge in [0.2, 0.25) is 0 Å². The van der Waals surface area contributed by atoms with Crippen LogP contribution in [0, 0.1) is 17.0 Å². The molecule has 0 saturated heterocycles. The topological polar surface area (TPSA) is 86.7 Å². The zero-order chi connectivity index (χ0) is 18.1. The van der Waals surface area contributed by atoms with E-state index in [9.17, 15) is 14.9 Å². The number of fused-ring (bicyclic) bond motifs is 1. The van der Waals surface area contributed by atoms with E-state index in [0.717, 1.165) is 0 Å². The molecule has 0 fully saturated rings. The summed E-state index contributed by atoms with van der Waals surface area (Å²) in [5.74, 6) is -0.598. The second kappa shape index (κ2) is 6.70. The van der Waals surface area contributed by atoms with Crippen LogP contribution in [0.2, 0.25) is 10.0 Å². The smallest absolute Gasteiger partial charge is 0.338 e. The van der Waals surface area contributed by atoms with Crippen LogP contribution in [-0.2, 0) is 11.3 Å². The number of pyridine rings is 1. The van der Waals surface area contributed by atoms with E-state index >= 15 is 0 Å². The average Bonchev–Trinajstić information content (AvgIpc) is 2.95. The van der Waals surface area contributed by atoms with Crippen molar-refractivity contribution in [2.45, 2.75) is 13.5 Å². The highest BCUT2D eigenvalue weighted by atomic mass is 35.5. The summed E-state index contributed by atoms with van der Waals surface area (Å²) in [6.07, 6.45) is 3.29. The van der Waals surface area contributed by atoms with E-state index in [4.69, 9.17) is 27.9 Å². The van der Waals surface area contributed by atoms with Gasteiger partial charge in [-0.15, -0.1) is 0 Å². The SMILES string of the molecule is Cc1cc(C(=O)OCc2cn3cc(Cl)cc(Cl)c3n2)ccc1[N+](=O)[O-]. The summed E-state index contributed by atoms with van der Waals surface area (Å²) in [4.78, 5) is 26.7. The molecule has 0 atom stereocenters. The summed E-state index contributed by atoms with van der Waals surface area (Å²) in [6, 6.07) is 5.62. The van der Waals surface area contributed by atoms with Gasteiger partial charge >= 0.3 is 5.97 Å². The number of halogens is 2. The molecule has 9 heteroatoms. The molecule has 7 nitrogen and oxygen atoms in total. The average molecular weight is 380 g/mol. The molecule has 3 aromatic rings. The monoisotopic (exact) mass is 379 g/mol. The van der Waals surface area contributed by atoms with Crippen LogP contribution in [0.3, 0.4) is 0 Å². The van der Waals surface area contributed by atoms with Crippen molar-refractivity contribution in [1.82, 2.24) is 9.38 Å². The maximum atomic E-state index is 12.1. The number of benzene rings is 1. The van der Waals surface area contributed by atoms with Gasteiger partial charge in [-0.2, -0.15) is 0 Å². The Hall–Kier alpha value is -2.64. The minimum atomic E-state index is -0.598. The summed E-state index contributed by atoms with van der Waals surface area (Å²) in [5.41, 5.74) is 1.56. The van der Waals surface area contributed by atoms with Crippen molar-refractivity contribution in [2.75, 3.05) is 0 Å². The Balaban J connectivity index is 1.75. The van der Waals surface area contributed by atoms with Gasteiger partial charge in [-0.3, -0.25) is 10.1 Å². The van der Waals surface area contributed by atoms with E-state index in [0.29, 0.717) is 26.9 Å². The molecule has 0 spiro atoms. The number of carbonyl (C=O) groups is 1. The van der Waals surface area contributed by atoms with Gasteiger partial charge in [0.1, 0.15) is 6.61 Å². The maximum absolute atomic E-state index is 12.1. The third-order valence-electron chi connectivity index (χ3n) is 3.50. The van der Waals surface area contributed by atoms with Crippen LogP contribution in [0.15, 0.2) is 36.7 Å². The molecule has 0 aliphatic rings. The molecule has 1 aromatic carbocycles. The van der Waals surface area contributed by atoms with Gasteiger partial charge in [0.15, 0.2) is 5.65 Å². The lowest BCUT2D eigenvalue weighted by Gasteiger charge is -2.04. The molecule has 25 heavy (non-hydrogen) atoms. The molecule has 2 aromatic heterocycles. The summed E-state index contributed by atoms with van der Waals surface area (Å²) >= 11 is 12.0. The van der Waals surface area contributed by atoms with Gasteiger partial charge < -0.3 is 9.14 Å². The lowest BCUT2D eigenvalue weighted by atomic mass is 10.1. The highest BCUT2D eigenvalue weighted by Crippen LogP contribution is 2.22. The number of imidazole rings is 1. The van der Waals surface area contributed by atoms with Gasteiger partial charge in [-0.1, -0.05) is 23.2 Å². The molecule has 0 N–H and O–H groups in total. The van der Waals surface area contributed by atoms with Crippen LogP contribution in [-0.4, -0.2) is 20.3 Å². The summed E-state index contributed by atoms with van der Waals surface area (Å²) in [5, 5.41) is 11.7. The molecule has 0 bridgehead atoms. The molecule has 128 valence electrons. The van der Waals surface area contributed by atoms with E-state index < -0.39 is 10.9 Å². The number of aromatic nitrogens is 2. The van der Waals surface area contributed by atoms with Crippen LogP contribution >= 0.6 is 23.2 Å². The highest BCUT2D eigenvalue weighted by Gasteiger charge is 2.15. The van der Waals surface area contributed by atoms with Gasteiger partial charge in [0.05, 0.1) is 26.2 Å². The quantitative estimate of drug-likeness (QED) is 0.384. The normalized spacial score (nSPS) is 10.8. The number of esters is 1. The first-order valence-corrected chi connectivity index (χ1v) is 7.85. The molecular formula is C16H11Cl2N3O4. The number of hydrogen-bond donors (Lipinski definition) is 0. The largest absolute Gasteiger partial charge is 0.456 e. The molecular weight excluding hydrogens is 369 g/mol.